The van der Waals surface area contributed by atoms with Gasteiger partial charge in [0.15, 0.2) is 5.78 Å². The number of ether oxygens (including phenoxy) is 1. The summed E-state index contributed by atoms with van der Waals surface area (Å²) in [5, 5.41) is 0. The van der Waals surface area contributed by atoms with Crippen molar-refractivity contribution in [2.24, 2.45) is 5.92 Å². The number of halogens is 2. The van der Waals surface area contributed by atoms with E-state index in [0.29, 0.717) is 18.8 Å². The van der Waals surface area contributed by atoms with Crippen LogP contribution in [-0.2, 0) is 4.74 Å². The fourth-order valence-corrected chi connectivity index (χ4v) is 2.67. The highest BCUT2D eigenvalue weighted by molar-refractivity contribution is 6.02. The van der Waals surface area contributed by atoms with Crippen molar-refractivity contribution in [2.75, 3.05) is 7.11 Å². The molecule has 0 heterocycles. The second-order valence-corrected chi connectivity index (χ2v) is 5.33. The first-order valence-electron chi connectivity index (χ1n) is 6.53. The van der Waals surface area contributed by atoms with Crippen molar-refractivity contribution in [3.63, 3.8) is 0 Å². The average Bonchev–Trinajstić information content (AvgIpc) is 2.42. The number of hydrogen-bond donors (Lipinski definition) is 0. The Hall–Kier alpha value is -1.29. The van der Waals surface area contributed by atoms with Crippen LogP contribution in [0.2, 0.25) is 0 Å². The summed E-state index contributed by atoms with van der Waals surface area (Å²) in [7, 11) is 1.46. The molecule has 1 aliphatic carbocycles. The third-order valence-corrected chi connectivity index (χ3v) is 4.06. The van der Waals surface area contributed by atoms with E-state index in [1.807, 2.05) is 0 Å². The van der Waals surface area contributed by atoms with Gasteiger partial charge in [0.05, 0.1) is 5.56 Å². The van der Waals surface area contributed by atoms with Crippen LogP contribution in [0.25, 0.3) is 0 Å². The highest BCUT2D eigenvalue weighted by Gasteiger charge is 2.42. The highest BCUT2D eigenvalue weighted by Crippen LogP contribution is 2.37. The van der Waals surface area contributed by atoms with E-state index in [1.165, 1.54) is 7.11 Å². The SMILES string of the molecule is COC1(C(=O)c2cc(F)ccc2F)CCC(C)CC1. The summed E-state index contributed by atoms with van der Waals surface area (Å²) in [5.41, 5.74) is -1.21. The molecule has 1 fully saturated rings. The monoisotopic (exact) mass is 268 g/mol. The lowest BCUT2D eigenvalue weighted by Gasteiger charge is -2.37. The number of hydrogen-bond acceptors (Lipinski definition) is 2. The maximum atomic E-state index is 13.7. The molecule has 0 amide bonds. The topological polar surface area (TPSA) is 26.3 Å². The minimum atomic E-state index is -0.999. The van der Waals surface area contributed by atoms with Gasteiger partial charge in [-0.1, -0.05) is 6.92 Å². The molecule has 0 aromatic heterocycles. The lowest BCUT2D eigenvalue weighted by molar-refractivity contribution is -0.0265. The Kier molecular flexibility index (Phi) is 3.99. The molecule has 0 aliphatic heterocycles. The predicted molar refractivity (Wildman–Crippen MR) is 68.1 cm³/mol. The zero-order valence-corrected chi connectivity index (χ0v) is 11.2. The Morgan fingerprint density at radius 3 is 2.53 bits per heavy atom. The van der Waals surface area contributed by atoms with Crippen LogP contribution in [0.1, 0.15) is 43.0 Å². The van der Waals surface area contributed by atoms with Gasteiger partial charge < -0.3 is 4.74 Å². The molecule has 0 saturated heterocycles. The number of carbonyl (C=O) groups excluding carboxylic acids is 1. The van der Waals surface area contributed by atoms with E-state index in [1.54, 1.807) is 0 Å². The summed E-state index contributed by atoms with van der Waals surface area (Å²) in [6.07, 6.45) is 2.83. The summed E-state index contributed by atoms with van der Waals surface area (Å²) >= 11 is 0. The van der Waals surface area contributed by atoms with Crippen LogP contribution in [0.3, 0.4) is 0 Å². The van der Waals surface area contributed by atoms with Crippen LogP contribution in [0.15, 0.2) is 18.2 Å². The lowest BCUT2D eigenvalue weighted by Crippen LogP contribution is -2.44. The van der Waals surface area contributed by atoms with Crippen molar-refractivity contribution >= 4 is 5.78 Å². The number of Topliss-reactive ketones (excluding diaryl/α,β-unsaturated/α-hetero) is 1. The van der Waals surface area contributed by atoms with Crippen molar-refractivity contribution in [2.45, 2.75) is 38.2 Å². The minimum Gasteiger partial charge on any atom is -0.370 e. The number of carbonyl (C=O) groups is 1. The van der Waals surface area contributed by atoms with Crippen LogP contribution < -0.4 is 0 Å². The fourth-order valence-electron chi connectivity index (χ4n) is 2.67. The van der Waals surface area contributed by atoms with Gasteiger partial charge in [0.2, 0.25) is 0 Å². The van der Waals surface area contributed by atoms with Gasteiger partial charge >= 0.3 is 0 Å². The van der Waals surface area contributed by atoms with E-state index in [2.05, 4.69) is 6.92 Å². The fraction of sp³-hybridized carbons (Fsp3) is 0.533. The molecule has 2 rings (SSSR count). The van der Waals surface area contributed by atoms with E-state index in [0.717, 1.165) is 31.0 Å². The average molecular weight is 268 g/mol. The van der Waals surface area contributed by atoms with E-state index < -0.39 is 23.0 Å². The Morgan fingerprint density at radius 1 is 1.32 bits per heavy atom. The van der Waals surface area contributed by atoms with Crippen molar-refractivity contribution in [1.29, 1.82) is 0 Å². The van der Waals surface area contributed by atoms with E-state index >= 15 is 0 Å². The molecule has 104 valence electrons. The molecule has 0 bridgehead atoms. The molecule has 1 aromatic carbocycles. The maximum Gasteiger partial charge on any atom is 0.197 e. The quantitative estimate of drug-likeness (QED) is 0.780. The Bertz CT molecular complexity index is 477. The van der Waals surface area contributed by atoms with Gasteiger partial charge in [-0.2, -0.15) is 0 Å². The van der Waals surface area contributed by atoms with E-state index in [4.69, 9.17) is 4.74 Å². The lowest BCUT2D eigenvalue weighted by atomic mass is 9.75. The van der Waals surface area contributed by atoms with Crippen LogP contribution in [0.5, 0.6) is 0 Å². The molecule has 0 radical (unpaired) electrons. The van der Waals surface area contributed by atoms with Gasteiger partial charge in [0.25, 0.3) is 0 Å². The smallest absolute Gasteiger partial charge is 0.197 e. The Balaban J connectivity index is 2.33. The number of rotatable bonds is 3. The molecule has 4 heteroatoms. The second-order valence-electron chi connectivity index (χ2n) is 5.33. The van der Waals surface area contributed by atoms with Crippen molar-refractivity contribution in [1.82, 2.24) is 0 Å². The number of methoxy groups -OCH3 is 1. The van der Waals surface area contributed by atoms with Gasteiger partial charge in [0.1, 0.15) is 17.2 Å². The van der Waals surface area contributed by atoms with E-state index in [9.17, 15) is 13.6 Å². The maximum absolute atomic E-state index is 13.7. The largest absolute Gasteiger partial charge is 0.370 e. The normalized spacial score (nSPS) is 27.3. The molecule has 1 saturated carbocycles. The van der Waals surface area contributed by atoms with Crippen molar-refractivity contribution in [3.05, 3.63) is 35.4 Å². The molecule has 0 spiro atoms. The molecule has 0 unspecified atom stereocenters. The molecular weight excluding hydrogens is 250 g/mol. The standard InChI is InChI=1S/C15H18F2O2/c1-10-5-7-15(19-2,8-6-10)14(18)12-9-11(16)3-4-13(12)17/h3-4,9-10H,5-8H2,1-2H3. The third-order valence-electron chi connectivity index (χ3n) is 4.06. The minimum absolute atomic E-state index is 0.212. The van der Waals surface area contributed by atoms with Gasteiger partial charge in [-0.25, -0.2) is 8.78 Å². The molecule has 1 aromatic rings. The molecular formula is C15H18F2O2. The third kappa shape index (κ3) is 2.68. The zero-order chi connectivity index (χ0) is 14.0. The Labute approximate surface area is 111 Å². The first-order chi connectivity index (χ1) is 8.98. The summed E-state index contributed by atoms with van der Waals surface area (Å²) < 4.78 is 32.3. The van der Waals surface area contributed by atoms with Gasteiger partial charge in [-0.3, -0.25) is 4.79 Å². The van der Waals surface area contributed by atoms with Crippen LogP contribution in [-0.4, -0.2) is 18.5 Å². The highest BCUT2D eigenvalue weighted by atomic mass is 19.1. The zero-order valence-electron chi connectivity index (χ0n) is 11.2. The molecule has 0 N–H and O–H groups in total. The summed E-state index contributed by atoms with van der Waals surface area (Å²) in [6, 6.07) is 2.95. The molecule has 1 aliphatic rings. The van der Waals surface area contributed by atoms with Gasteiger partial charge in [-0.05, 0) is 49.8 Å². The van der Waals surface area contributed by atoms with Gasteiger partial charge in [-0.15, -0.1) is 0 Å². The summed E-state index contributed by atoms with van der Waals surface area (Å²) in [5.74, 6) is -1.21. The van der Waals surface area contributed by atoms with Crippen molar-refractivity contribution < 1.29 is 18.3 Å². The summed E-state index contributed by atoms with van der Waals surface area (Å²) in [6.45, 7) is 2.12. The van der Waals surface area contributed by atoms with Gasteiger partial charge in [0, 0.05) is 7.11 Å². The Morgan fingerprint density at radius 2 is 1.95 bits per heavy atom. The molecule has 0 atom stereocenters. The molecule has 2 nitrogen and oxygen atoms in total. The first kappa shape index (κ1) is 14.1. The number of ketones is 1. The van der Waals surface area contributed by atoms with Crippen LogP contribution in [0.4, 0.5) is 8.78 Å². The number of benzene rings is 1. The first-order valence-corrected chi connectivity index (χ1v) is 6.53. The van der Waals surface area contributed by atoms with Crippen LogP contribution >= 0.6 is 0 Å². The molecule has 19 heavy (non-hydrogen) atoms. The second kappa shape index (κ2) is 5.37. The predicted octanol–water partition coefficient (Wildman–Crippen LogP) is 3.74. The van der Waals surface area contributed by atoms with Crippen molar-refractivity contribution in [3.8, 4) is 0 Å². The van der Waals surface area contributed by atoms with E-state index in [-0.39, 0.29) is 5.56 Å². The summed E-state index contributed by atoms with van der Waals surface area (Å²) in [4.78, 5) is 12.5. The van der Waals surface area contributed by atoms with Crippen LogP contribution in [0, 0.1) is 17.6 Å².